The van der Waals surface area contributed by atoms with Crippen LogP contribution in [-0.4, -0.2) is 19.9 Å². The minimum atomic E-state index is -0.0902. The lowest BCUT2D eigenvalue weighted by Gasteiger charge is -2.45. The second-order valence-electron chi connectivity index (χ2n) is 24.7. The van der Waals surface area contributed by atoms with Gasteiger partial charge in [-0.2, -0.15) is 0 Å². The van der Waals surface area contributed by atoms with Crippen LogP contribution >= 0.6 is 0 Å². The standard InChI is InChI=1S/C67H69BN2O2/c1-42-36-58-61-59(37-42)70(53-29-27-52(28-30-53)67(11,12)13)62-56(32-33-60-63(62)72-35-34-71-60)68(61)55-31-20-46(43-14-21-49(22-15-43)64(2,3)4)41-57(55)69(58)54-39-47(44-16-23-50(24-17-44)65(5,6)7)38-48(40-54)45-18-25-51(26-19-45)66(8,9)10/h14-33,36-41H,34-35H2,1-13H3. The summed E-state index contributed by atoms with van der Waals surface area (Å²) in [5.41, 5.74) is 24.2. The van der Waals surface area contributed by atoms with E-state index in [1.54, 1.807) is 0 Å². The van der Waals surface area contributed by atoms with Crippen LogP contribution in [0.5, 0.6) is 11.5 Å². The summed E-state index contributed by atoms with van der Waals surface area (Å²) in [6, 6.07) is 60.5. The zero-order valence-electron chi connectivity index (χ0n) is 44.7. The second kappa shape index (κ2) is 17.1. The normalized spacial score (nSPS) is 14.2. The topological polar surface area (TPSA) is 24.9 Å². The lowest BCUT2D eigenvalue weighted by Crippen LogP contribution is -2.61. The lowest BCUT2D eigenvalue weighted by atomic mass is 9.33. The molecule has 0 aromatic heterocycles. The highest BCUT2D eigenvalue weighted by Gasteiger charge is 2.46. The Balaban J connectivity index is 1.20. The van der Waals surface area contributed by atoms with Crippen molar-refractivity contribution >= 4 is 57.2 Å². The number of aryl methyl sites for hydroxylation is 1. The van der Waals surface area contributed by atoms with Gasteiger partial charge in [0.1, 0.15) is 13.2 Å². The van der Waals surface area contributed by atoms with Crippen LogP contribution in [0.1, 0.15) is 111 Å². The molecule has 8 aromatic rings. The summed E-state index contributed by atoms with van der Waals surface area (Å²) in [6.07, 6.45) is 0. The predicted octanol–water partition coefficient (Wildman–Crippen LogP) is 16.0. The number of fused-ring (bicyclic) bond motifs is 6. The van der Waals surface area contributed by atoms with Gasteiger partial charge in [-0.1, -0.05) is 186 Å². The van der Waals surface area contributed by atoms with Gasteiger partial charge in [0, 0.05) is 28.4 Å². The number of benzene rings is 8. The van der Waals surface area contributed by atoms with E-state index in [1.165, 1.54) is 89.0 Å². The first kappa shape index (κ1) is 47.4. The number of hydrogen-bond donors (Lipinski definition) is 0. The summed E-state index contributed by atoms with van der Waals surface area (Å²) in [4.78, 5) is 5.04. The summed E-state index contributed by atoms with van der Waals surface area (Å²) in [6.45, 7) is 30.6. The second-order valence-corrected chi connectivity index (χ2v) is 24.7. The van der Waals surface area contributed by atoms with E-state index in [-0.39, 0.29) is 28.4 Å². The molecule has 11 rings (SSSR count). The summed E-state index contributed by atoms with van der Waals surface area (Å²) >= 11 is 0. The molecule has 3 heterocycles. The van der Waals surface area contributed by atoms with Crippen molar-refractivity contribution in [3.8, 4) is 44.9 Å². The average molecular weight is 945 g/mol. The zero-order valence-corrected chi connectivity index (χ0v) is 44.7. The van der Waals surface area contributed by atoms with Crippen molar-refractivity contribution < 1.29 is 9.47 Å². The molecule has 0 unspecified atom stereocenters. The largest absolute Gasteiger partial charge is 0.486 e. The molecule has 5 heteroatoms. The van der Waals surface area contributed by atoms with Crippen LogP contribution in [0.4, 0.5) is 34.1 Å². The fraction of sp³-hybridized carbons (Fsp3) is 0.284. The molecule has 0 amide bonds. The highest BCUT2D eigenvalue weighted by molar-refractivity contribution is 7.00. The molecular weight excluding hydrogens is 876 g/mol. The van der Waals surface area contributed by atoms with Gasteiger partial charge < -0.3 is 19.3 Å². The Kier molecular flexibility index (Phi) is 11.2. The zero-order chi connectivity index (χ0) is 50.6. The molecule has 0 saturated heterocycles. The van der Waals surface area contributed by atoms with Crippen LogP contribution in [0.2, 0.25) is 0 Å². The van der Waals surface area contributed by atoms with Crippen molar-refractivity contribution in [2.24, 2.45) is 0 Å². The maximum atomic E-state index is 6.71. The molecule has 0 bridgehead atoms. The Labute approximate surface area is 429 Å². The van der Waals surface area contributed by atoms with Crippen LogP contribution in [0.15, 0.2) is 158 Å². The van der Waals surface area contributed by atoms with Crippen molar-refractivity contribution in [3.05, 3.63) is 186 Å². The Bertz CT molecular complexity index is 3300. The van der Waals surface area contributed by atoms with E-state index in [2.05, 4.69) is 258 Å². The Morgan fingerprint density at radius 1 is 0.375 bits per heavy atom. The quantitative estimate of drug-likeness (QED) is 0.161. The minimum Gasteiger partial charge on any atom is -0.486 e. The number of hydrogen-bond acceptors (Lipinski definition) is 4. The fourth-order valence-corrected chi connectivity index (χ4v) is 11.1. The molecule has 0 saturated carbocycles. The summed E-state index contributed by atoms with van der Waals surface area (Å²) < 4.78 is 13.1. The van der Waals surface area contributed by atoms with Crippen LogP contribution in [0.25, 0.3) is 33.4 Å². The van der Waals surface area contributed by atoms with Crippen LogP contribution in [-0.2, 0) is 21.7 Å². The molecule has 3 aliphatic heterocycles. The van der Waals surface area contributed by atoms with Gasteiger partial charge in [0.25, 0.3) is 6.71 Å². The number of ether oxygens (including phenoxy) is 2. The van der Waals surface area contributed by atoms with Gasteiger partial charge in [0.15, 0.2) is 11.5 Å². The van der Waals surface area contributed by atoms with Crippen molar-refractivity contribution in [3.63, 3.8) is 0 Å². The molecule has 72 heavy (non-hydrogen) atoms. The SMILES string of the molecule is Cc1cc2c3c(c1)N(c1ccc(C(C)(C)C)cc1)c1c(ccc4c1OCCO4)B3c1ccc(-c3ccc(C(C)(C)C)cc3)cc1N2c1cc(-c2ccc(C(C)(C)C)cc2)cc(-c2ccc(C(C)(C)C)cc2)c1. The highest BCUT2D eigenvalue weighted by Crippen LogP contribution is 2.51. The molecule has 8 aromatic carbocycles. The molecular formula is C67H69BN2O2. The van der Waals surface area contributed by atoms with Crippen molar-refractivity contribution in [1.29, 1.82) is 0 Å². The first-order valence-electron chi connectivity index (χ1n) is 26.0. The summed E-state index contributed by atoms with van der Waals surface area (Å²) in [5.74, 6) is 1.59. The average Bonchev–Trinajstić information content (AvgIpc) is 3.35. The van der Waals surface area contributed by atoms with E-state index in [4.69, 9.17) is 9.47 Å². The molecule has 0 radical (unpaired) electrons. The minimum absolute atomic E-state index is 0.0103. The number of anilines is 6. The maximum absolute atomic E-state index is 6.71. The number of rotatable bonds is 5. The van der Waals surface area contributed by atoms with Gasteiger partial charge in [-0.25, -0.2) is 0 Å². The third-order valence-electron chi connectivity index (χ3n) is 15.3. The molecule has 3 aliphatic rings. The van der Waals surface area contributed by atoms with Crippen molar-refractivity contribution in [2.45, 2.75) is 112 Å². The van der Waals surface area contributed by atoms with Gasteiger partial charge in [-0.15, -0.1) is 0 Å². The van der Waals surface area contributed by atoms with E-state index < -0.39 is 0 Å². The molecule has 362 valence electrons. The van der Waals surface area contributed by atoms with Crippen LogP contribution in [0.3, 0.4) is 0 Å². The third kappa shape index (κ3) is 8.39. The van der Waals surface area contributed by atoms with E-state index in [0.717, 1.165) is 34.2 Å². The molecule has 0 spiro atoms. The van der Waals surface area contributed by atoms with Crippen molar-refractivity contribution in [1.82, 2.24) is 0 Å². The fourth-order valence-electron chi connectivity index (χ4n) is 11.1. The third-order valence-corrected chi connectivity index (χ3v) is 15.3. The molecule has 0 atom stereocenters. The number of nitrogens with zero attached hydrogens (tertiary/aromatic N) is 2. The van der Waals surface area contributed by atoms with Gasteiger partial charge in [0.05, 0.1) is 5.69 Å². The Hall–Kier alpha value is -6.98. The first-order valence-corrected chi connectivity index (χ1v) is 26.0. The van der Waals surface area contributed by atoms with Crippen LogP contribution < -0.4 is 35.7 Å². The van der Waals surface area contributed by atoms with Crippen LogP contribution in [0, 0.1) is 6.92 Å². The van der Waals surface area contributed by atoms with E-state index >= 15 is 0 Å². The molecule has 0 aliphatic carbocycles. The summed E-state index contributed by atoms with van der Waals surface area (Å²) in [5, 5.41) is 0. The van der Waals surface area contributed by atoms with Gasteiger partial charge in [0.2, 0.25) is 0 Å². The molecule has 0 N–H and O–H groups in total. The lowest BCUT2D eigenvalue weighted by molar-refractivity contribution is 0.172. The van der Waals surface area contributed by atoms with Crippen molar-refractivity contribution in [2.75, 3.05) is 23.0 Å². The van der Waals surface area contributed by atoms with E-state index in [0.29, 0.717) is 13.2 Å². The monoisotopic (exact) mass is 945 g/mol. The van der Waals surface area contributed by atoms with Gasteiger partial charge in [-0.3, -0.25) is 0 Å². The van der Waals surface area contributed by atoms with Gasteiger partial charge in [-0.05, 0) is 161 Å². The first-order chi connectivity index (χ1) is 34.1. The van der Waals surface area contributed by atoms with Gasteiger partial charge >= 0.3 is 0 Å². The molecule has 0 fully saturated rings. The Morgan fingerprint density at radius 2 is 0.806 bits per heavy atom. The maximum Gasteiger partial charge on any atom is 0.252 e. The van der Waals surface area contributed by atoms with E-state index in [1.807, 2.05) is 0 Å². The highest BCUT2D eigenvalue weighted by atomic mass is 16.6. The predicted molar refractivity (Wildman–Crippen MR) is 307 cm³/mol. The van der Waals surface area contributed by atoms with E-state index in [9.17, 15) is 0 Å². The Morgan fingerprint density at radius 3 is 1.31 bits per heavy atom. The summed E-state index contributed by atoms with van der Waals surface area (Å²) in [7, 11) is 0. The smallest absolute Gasteiger partial charge is 0.252 e. The molecule has 4 nitrogen and oxygen atoms in total.